The van der Waals surface area contributed by atoms with Crippen LogP contribution in [0, 0.1) is 0 Å². The summed E-state index contributed by atoms with van der Waals surface area (Å²) in [6, 6.07) is 18.2. The van der Waals surface area contributed by atoms with E-state index in [-0.39, 0.29) is 5.78 Å². The summed E-state index contributed by atoms with van der Waals surface area (Å²) < 4.78 is 10.5. The molecule has 29 heavy (non-hydrogen) atoms. The van der Waals surface area contributed by atoms with Crippen molar-refractivity contribution in [2.45, 2.75) is 0 Å². The van der Waals surface area contributed by atoms with Crippen molar-refractivity contribution in [3.63, 3.8) is 0 Å². The van der Waals surface area contributed by atoms with E-state index in [4.69, 9.17) is 32.7 Å². The fourth-order valence-electron chi connectivity index (χ4n) is 2.59. The Morgan fingerprint density at radius 2 is 1.52 bits per heavy atom. The summed E-state index contributed by atoms with van der Waals surface area (Å²) in [5.41, 5.74) is 1.32. The number of methoxy groups -OCH3 is 1. The Hall–Kier alpha value is -3.08. The number of carbonyl (C=O) groups excluding carboxylic acids is 2. The van der Waals surface area contributed by atoms with Crippen LogP contribution >= 0.6 is 23.2 Å². The van der Waals surface area contributed by atoms with Crippen LogP contribution in [0.3, 0.4) is 0 Å². The molecule has 3 rings (SSSR count). The van der Waals surface area contributed by atoms with Gasteiger partial charge in [0.05, 0.1) is 7.11 Å². The Morgan fingerprint density at radius 1 is 0.862 bits per heavy atom. The van der Waals surface area contributed by atoms with Crippen LogP contribution in [0.4, 0.5) is 0 Å². The predicted molar refractivity (Wildman–Crippen MR) is 114 cm³/mol. The summed E-state index contributed by atoms with van der Waals surface area (Å²) in [6.07, 6.45) is 2.96. The fourth-order valence-corrected chi connectivity index (χ4v) is 3.11. The number of benzene rings is 3. The molecular weight excluding hydrogens is 411 g/mol. The minimum atomic E-state index is -0.546. The molecule has 0 aliphatic rings. The molecule has 3 aromatic carbocycles. The highest BCUT2D eigenvalue weighted by molar-refractivity contribution is 6.37. The van der Waals surface area contributed by atoms with Crippen molar-refractivity contribution < 1.29 is 19.1 Å². The molecule has 0 atom stereocenters. The third-order valence-corrected chi connectivity index (χ3v) is 4.74. The standard InChI is InChI=1S/C23H16Cl2O4/c1-28-22-8-3-2-5-18(22)23(27)29-16-11-9-15(10-12-16)21(26)14-13-17-19(24)6-4-7-20(17)25/h2-14H,1H3/b14-13+. The number of hydrogen-bond donors (Lipinski definition) is 0. The van der Waals surface area contributed by atoms with Crippen LogP contribution in [0.5, 0.6) is 11.5 Å². The quantitative estimate of drug-likeness (QED) is 0.206. The number of carbonyl (C=O) groups is 2. The number of hydrogen-bond acceptors (Lipinski definition) is 4. The van der Waals surface area contributed by atoms with E-state index in [0.717, 1.165) is 0 Å². The van der Waals surface area contributed by atoms with Gasteiger partial charge in [0.2, 0.25) is 0 Å². The fraction of sp³-hybridized carbons (Fsp3) is 0.0435. The Kier molecular flexibility index (Phi) is 6.70. The van der Waals surface area contributed by atoms with Gasteiger partial charge in [-0.2, -0.15) is 0 Å². The molecule has 0 bridgehead atoms. The lowest BCUT2D eigenvalue weighted by atomic mass is 10.1. The molecule has 6 heteroatoms. The minimum absolute atomic E-state index is 0.233. The zero-order chi connectivity index (χ0) is 20.8. The van der Waals surface area contributed by atoms with E-state index in [1.807, 2.05) is 0 Å². The summed E-state index contributed by atoms with van der Waals surface area (Å²) in [6.45, 7) is 0. The average Bonchev–Trinajstić information content (AvgIpc) is 2.73. The number of para-hydroxylation sites is 1. The van der Waals surface area contributed by atoms with Crippen LogP contribution in [0.1, 0.15) is 26.3 Å². The van der Waals surface area contributed by atoms with Crippen molar-refractivity contribution >= 4 is 41.0 Å². The monoisotopic (exact) mass is 426 g/mol. The zero-order valence-corrected chi connectivity index (χ0v) is 16.9. The van der Waals surface area contributed by atoms with E-state index >= 15 is 0 Å². The number of ketones is 1. The van der Waals surface area contributed by atoms with Crippen LogP contribution < -0.4 is 9.47 Å². The predicted octanol–water partition coefficient (Wildman–Crippen LogP) is 6.12. The molecule has 0 spiro atoms. The lowest BCUT2D eigenvalue weighted by Crippen LogP contribution is -2.10. The highest BCUT2D eigenvalue weighted by atomic mass is 35.5. The molecule has 0 heterocycles. The first-order chi connectivity index (χ1) is 14.0. The number of ether oxygens (including phenoxy) is 2. The first-order valence-electron chi connectivity index (χ1n) is 8.61. The summed E-state index contributed by atoms with van der Waals surface area (Å²) in [7, 11) is 1.48. The van der Waals surface area contributed by atoms with E-state index in [2.05, 4.69) is 0 Å². The van der Waals surface area contributed by atoms with E-state index < -0.39 is 5.97 Å². The third kappa shape index (κ3) is 5.05. The van der Waals surface area contributed by atoms with Gasteiger partial charge in [-0.3, -0.25) is 4.79 Å². The van der Waals surface area contributed by atoms with Gasteiger partial charge in [0.15, 0.2) is 5.78 Å². The van der Waals surface area contributed by atoms with E-state index in [9.17, 15) is 9.59 Å². The summed E-state index contributed by atoms with van der Waals surface area (Å²) >= 11 is 12.2. The SMILES string of the molecule is COc1ccccc1C(=O)Oc1ccc(C(=O)/C=C/c2c(Cl)cccc2Cl)cc1. The van der Waals surface area contributed by atoms with Crippen molar-refractivity contribution in [2.24, 2.45) is 0 Å². The van der Waals surface area contributed by atoms with Crippen LogP contribution in [0.2, 0.25) is 10.0 Å². The lowest BCUT2D eigenvalue weighted by Gasteiger charge is -2.08. The second kappa shape index (κ2) is 9.41. The highest BCUT2D eigenvalue weighted by Crippen LogP contribution is 2.26. The van der Waals surface area contributed by atoms with E-state index in [1.165, 1.54) is 13.2 Å². The molecule has 0 amide bonds. The maximum absolute atomic E-state index is 12.4. The van der Waals surface area contributed by atoms with Gasteiger partial charge in [-0.1, -0.05) is 41.4 Å². The number of rotatable bonds is 6. The van der Waals surface area contributed by atoms with Gasteiger partial charge in [0, 0.05) is 21.2 Å². The molecular formula is C23H16Cl2O4. The number of esters is 1. The van der Waals surface area contributed by atoms with Gasteiger partial charge in [-0.25, -0.2) is 4.79 Å². The largest absolute Gasteiger partial charge is 0.496 e. The average molecular weight is 427 g/mol. The third-order valence-electron chi connectivity index (χ3n) is 4.08. The molecule has 146 valence electrons. The number of halogens is 2. The van der Waals surface area contributed by atoms with Crippen molar-refractivity contribution in [3.05, 3.63) is 99.5 Å². The second-order valence-corrected chi connectivity index (χ2v) is 6.76. The van der Waals surface area contributed by atoms with Crippen molar-refractivity contribution in [1.82, 2.24) is 0 Å². The Bertz CT molecular complexity index is 1050. The summed E-state index contributed by atoms with van der Waals surface area (Å²) in [5, 5.41) is 0.917. The Labute approximate surface area is 178 Å². The van der Waals surface area contributed by atoms with Crippen molar-refractivity contribution in [3.8, 4) is 11.5 Å². The van der Waals surface area contributed by atoms with Gasteiger partial charge in [-0.15, -0.1) is 0 Å². The molecule has 0 unspecified atom stereocenters. The van der Waals surface area contributed by atoms with Gasteiger partial charge < -0.3 is 9.47 Å². The van der Waals surface area contributed by atoms with Crippen molar-refractivity contribution in [2.75, 3.05) is 7.11 Å². The molecule has 0 aliphatic heterocycles. The Balaban J connectivity index is 1.70. The van der Waals surface area contributed by atoms with Crippen LogP contribution in [0.15, 0.2) is 72.8 Å². The van der Waals surface area contributed by atoms with Gasteiger partial charge >= 0.3 is 5.97 Å². The zero-order valence-electron chi connectivity index (χ0n) is 15.4. The maximum atomic E-state index is 12.4. The van der Waals surface area contributed by atoms with Gasteiger partial charge in [-0.05, 0) is 60.7 Å². The topological polar surface area (TPSA) is 52.6 Å². The second-order valence-electron chi connectivity index (χ2n) is 5.95. The lowest BCUT2D eigenvalue weighted by molar-refractivity contribution is 0.0731. The molecule has 0 N–H and O–H groups in total. The smallest absolute Gasteiger partial charge is 0.347 e. The van der Waals surface area contributed by atoms with Gasteiger partial charge in [0.25, 0.3) is 0 Å². The maximum Gasteiger partial charge on any atom is 0.347 e. The first kappa shape index (κ1) is 20.6. The molecule has 4 nitrogen and oxygen atoms in total. The van der Waals surface area contributed by atoms with Crippen molar-refractivity contribution in [1.29, 1.82) is 0 Å². The van der Waals surface area contributed by atoms with Crippen LogP contribution in [0.25, 0.3) is 6.08 Å². The minimum Gasteiger partial charge on any atom is -0.496 e. The molecule has 0 radical (unpaired) electrons. The molecule has 3 aromatic rings. The molecule has 0 saturated carbocycles. The van der Waals surface area contributed by atoms with Gasteiger partial charge in [0.1, 0.15) is 17.1 Å². The normalized spacial score (nSPS) is 10.7. The number of allylic oxidation sites excluding steroid dienone is 1. The summed E-state index contributed by atoms with van der Waals surface area (Å²) in [5.74, 6) is -0.0402. The highest BCUT2D eigenvalue weighted by Gasteiger charge is 2.14. The van der Waals surface area contributed by atoms with Crippen LogP contribution in [-0.2, 0) is 0 Å². The molecule has 0 aromatic heterocycles. The molecule has 0 fully saturated rings. The molecule has 0 saturated heterocycles. The van der Waals surface area contributed by atoms with Crippen LogP contribution in [-0.4, -0.2) is 18.9 Å². The Morgan fingerprint density at radius 3 is 2.17 bits per heavy atom. The van der Waals surface area contributed by atoms with E-state index in [0.29, 0.717) is 38.2 Å². The molecule has 0 aliphatic carbocycles. The first-order valence-corrected chi connectivity index (χ1v) is 9.37. The van der Waals surface area contributed by atoms with E-state index in [1.54, 1.807) is 72.8 Å². The summed E-state index contributed by atoms with van der Waals surface area (Å²) in [4.78, 5) is 24.7.